The van der Waals surface area contributed by atoms with Crippen LogP contribution < -0.4 is 5.32 Å². The molecule has 1 aliphatic rings. The molecule has 0 unspecified atom stereocenters. The van der Waals surface area contributed by atoms with E-state index in [4.69, 9.17) is 11.6 Å². The maximum Gasteiger partial charge on any atom is 0.223 e. The first kappa shape index (κ1) is 13.4. The summed E-state index contributed by atoms with van der Waals surface area (Å²) in [5.74, 6) is 0.738. The van der Waals surface area contributed by atoms with E-state index in [1.807, 2.05) is 36.1 Å². The van der Waals surface area contributed by atoms with E-state index in [9.17, 15) is 4.79 Å². The fourth-order valence-corrected chi connectivity index (χ4v) is 2.27. The number of hydrogen-bond acceptors (Lipinski definition) is 2. The summed E-state index contributed by atoms with van der Waals surface area (Å²) in [5, 5.41) is 3.92. The molecular formula is C14H19ClN2O. The Morgan fingerprint density at radius 3 is 2.72 bits per heavy atom. The Kier molecular flexibility index (Phi) is 4.61. The Balaban J connectivity index is 1.95. The van der Waals surface area contributed by atoms with Gasteiger partial charge in [0.25, 0.3) is 0 Å². The molecule has 1 aromatic carbocycles. The van der Waals surface area contributed by atoms with Crippen LogP contribution in [-0.2, 0) is 11.3 Å². The molecule has 2 rings (SSSR count). The van der Waals surface area contributed by atoms with E-state index in [-0.39, 0.29) is 5.91 Å². The van der Waals surface area contributed by atoms with E-state index >= 15 is 0 Å². The van der Waals surface area contributed by atoms with Crippen LogP contribution in [0.25, 0.3) is 0 Å². The smallest absolute Gasteiger partial charge is 0.223 e. The number of nitrogens with one attached hydrogen (secondary N) is 1. The average Bonchev–Trinajstić information content (AvgIpc) is 2.32. The van der Waals surface area contributed by atoms with Gasteiger partial charge >= 0.3 is 0 Å². The van der Waals surface area contributed by atoms with Crippen molar-refractivity contribution < 1.29 is 4.79 Å². The zero-order valence-corrected chi connectivity index (χ0v) is 11.4. The molecule has 1 aliphatic heterocycles. The molecule has 1 fully saturated rings. The van der Waals surface area contributed by atoms with Crippen LogP contribution in [0.15, 0.2) is 24.3 Å². The lowest BCUT2D eigenvalue weighted by Crippen LogP contribution is -2.45. The highest BCUT2D eigenvalue weighted by molar-refractivity contribution is 6.31. The second-order valence-electron chi connectivity index (χ2n) is 4.73. The molecule has 0 atom stereocenters. The van der Waals surface area contributed by atoms with Crippen molar-refractivity contribution in [2.24, 2.45) is 5.92 Å². The number of carbonyl (C=O) groups excluding carboxylic acids is 1. The number of carbonyl (C=O) groups is 1. The zero-order chi connectivity index (χ0) is 13.0. The van der Waals surface area contributed by atoms with Crippen LogP contribution in [0.4, 0.5) is 0 Å². The number of amides is 1. The van der Waals surface area contributed by atoms with Gasteiger partial charge in [0, 0.05) is 24.5 Å². The molecule has 1 aromatic rings. The van der Waals surface area contributed by atoms with Crippen molar-refractivity contribution in [3.8, 4) is 0 Å². The normalized spacial score (nSPS) is 15.2. The Morgan fingerprint density at radius 1 is 1.44 bits per heavy atom. The molecule has 1 heterocycles. The van der Waals surface area contributed by atoms with Gasteiger partial charge in [0.1, 0.15) is 0 Å². The predicted molar refractivity (Wildman–Crippen MR) is 73.5 cm³/mol. The van der Waals surface area contributed by atoms with Gasteiger partial charge in [-0.2, -0.15) is 0 Å². The number of hydrogen-bond donors (Lipinski definition) is 1. The van der Waals surface area contributed by atoms with Gasteiger partial charge in [-0.1, -0.05) is 29.8 Å². The molecule has 98 valence electrons. The Bertz CT molecular complexity index is 418. The lowest BCUT2D eigenvalue weighted by atomic mass is 9.98. The average molecular weight is 267 g/mol. The lowest BCUT2D eigenvalue weighted by molar-refractivity contribution is -0.133. The SMILES string of the molecule is CCN(Cc1ccccc1Cl)C(=O)CC1CNC1. The van der Waals surface area contributed by atoms with Gasteiger partial charge in [-0.3, -0.25) is 4.79 Å². The minimum Gasteiger partial charge on any atom is -0.339 e. The second-order valence-corrected chi connectivity index (χ2v) is 5.13. The summed E-state index contributed by atoms with van der Waals surface area (Å²) in [4.78, 5) is 14.0. The molecule has 0 aliphatic carbocycles. The Labute approximate surface area is 113 Å². The highest BCUT2D eigenvalue weighted by Crippen LogP contribution is 2.18. The Morgan fingerprint density at radius 2 is 2.17 bits per heavy atom. The molecule has 3 nitrogen and oxygen atoms in total. The fourth-order valence-electron chi connectivity index (χ4n) is 2.08. The van der Waals surface area contributed by atoms with E-state index < -0.39 is 0 Å². The summed E-state index contributed by atoms with van der Waals surface area (Å²) in [5.41, 5.74) is 1.01. The monoisotopic (exact) mass is 266 g/mol. The van der Waals surface area contributed by atoms with Crippen LogP contribution >= 0.6 is 11.6 Å². The third-order valence-corrected chi connectivity index (χ3v) is 3.75. The second kappa shape index (κ2) is 6.21. The first-order chi connectivity index (χ1) is 8.70. The van der Waals surface area contributed by atoms with Crippen LogP contribution in [0.1, 0.15) is 18.9 Å². The molecule has 1 saturated heterocycles. The van der Waals surface area contributed by atoms with Crippen molar-refractivity contribution in [2.45, 2.75) is 19.9 Å². The molecule has 0 saturated carbocycles. The zero-order valence-electron chi connectivity index (χ0n) is 10.7. The number of benzene rings is 1. The minimum atomic E-state index is 0.226. The number of halogens is 1. The summed E-state index contributed by atoms with van der Waals surface area (Å²) in [6.07, 6.45) is 0.644. The van der Waals surface area contributed by atoms with Gasteiger partial charge in [-0.05, 0) is 37.6 Å². The summed E-state index contributed by atoms with van der Waals surface area (Å²) in [7, 11) is 0. The van der Waals surface area contributed by atoms with Crippen LogP contribution in [0.3, 0.4) is 0 Å². The maximum absolute atomic E-state index is 12.1. The standard InChI is InChI=1S/C14H19ClN2O/c1-2-17(14(18)7-11-8-16-9-11)10-12-5-3-4-6-13(12)15/h3-6,11,16H,2,7-10H2,1H3. The quantitative estimate of drug-likeness (QED) is 0.887. The molecule has 1 amide bonds. The third-order valence-electron chi connectivity index (χ3n) is 3.38. The summed E-state index contributed by atoms with van der Waals surface area (Å²) >= 11 is 6.13. The predicted octanol–water partition coefficient (Wildman–Crippen LogP) is 2.30. The van der Waals surface area contributed by atoms with Gasteiger partial charge in [0.2, 0.25) is 5.91 Å². The lowest BCUT2D eigenvalue weighted by Gasteiger charge is -2.29. The van der Waals surface area contributed by atoms with Crippen molar-refractivity contribution in [2.75, 3.05) is 19.6 Å². The third kappa shape index (κ3) is 3.24. The fraction of sp³-hybridized carbons (Fsp3) is 0.500. The van der Waals surface area contributed by atoms with Crippen LogP contribution in [0, 0.1) is 5.92 Å². The molecule has 0 bridgehead atoms. The van der Waals surface area contributed by atoms with E-state index in [1.54, 1.807) is 0 Å². The van der Waals surface area contributed by atoms with E-state index in [0.717, 1.165) is 30.2 Å². The first-order valence-electron chi connectivity index (χ1n) is 6.42. The van der Waals surface area contributed by atoms with Gasteiger partial charge in [-0.25, -0.2) is 0 Å². The summed E-state index contributed by atoms with van der Waals surface area (Å²) in [6.45, 7) is 5.28. The van der Waals surface area contributed by atoms with Crippen molar-refractivity contribution >= 4 is 17.5 Å². The van der Waals surface area contributed by atoms with Crippen LogP contribution in [0.2, 0.25) is 5.02 Å². The highest BCUT2D eigenvalue weighted by Gasteiger charge is 2.23. The molecular weight excluding hydrogens is 248 g/mol. The molecule has 0 spiro atoms. The molecule has 18 heavy (non-hydrogen) atoms. The highest BCUT2D eigenvalue weighted by atomic mass is 35.5. The van der Waals surface area contributed by atoms with Gasteiger partial charge < -0.3 is 10.2 Å². The molecule has 4 heteroatoms. The minimum absolute atomic E-state index is 0.226. The number of nitrogens with zero attached hydrogens (tertiary/aromatic N) is 1. The summed E-state index contributed by atoms with van der Waals surface area (Å²) < 4.78 is 0. The van der Waals surface area contributed by atoms with Crippen molar-refractivity contribution in [3.63, 3.8) is 0 Å². The molecule has 0 aromatic heterocycles. The van der Waals surface area contributed by atoms with E-state index in [1.165, 1.54) is 0 Å². The van der Waals surface area contributed by atoms with E-state index in [2.05, 4.69) is 5.32 Å². The van der Waals surface area contributed by atoms with Gasteiger partial charge in [0.05, 0.1) is 0 Å². The molecule has 0 radical (unpaired) electrons. The van der Waals surface area contributed by atoms with E-state index in [0.29, 0.717) is 18.9 Å². The molecule has 1 N–H and O–H groups in total. The maximum atomic E-state index is 12.1. The first-order valence-corrected chi connectivity index (χ1v) is 6.80. The van der Waals surface area contributed by atoms with Crippen molar-refractivity contribution in [3.05, 3.63) is 34.9 Å². The summed E-state index contributed by atoms with van der Waals surface area (Å²) in [6, 6.07) is 7.70. The largest absolute Gasteiger partial charge is 0.339 e. The van der Waals surface area contributed by atoms with Gasteiger partial charge in [-0.15, -0.1) is 0 Å². The van der Waals surface area contributed by atoms with Crippen LogP contribution in [0.5, 0.6) is 0 Å². The number of rotatable bonds is 5. The Hall–Kier alpha value is -1.06. The topological polar surface area (TPSA) is 32.3 Å². The van der Waals surface area contributed by atoms with Crippen molar-refractivity contribution in [1.29, 1.82) is 0 Å². The van der Waals surface area contributed by atoms with Crippen molar-refractivity contribution in [1.82, 2.24) is 10.2 Å². The van der Waals surface area contributed by atoms with Gasteiger partial charge in [0.15, 0.2) is 0 Å². The van der Waals surface area contributed by atoms with Crippen LogP contribution in [-0.4, -0.2) is 30.4 Å².